The first-order valence-electron chi connectivity index (χ1n) is 6.71. The lowest BCUT2D eigenvalue weighted by Crippen LogP contribution is -2.20. The summed E-state index contributed by atoms with van der Waals surface area (Å²) in [7, 11) is 1.29. The SMILES string of the molecule is COC(=O)c1cc(C)sc1NC(=S)Nc1ccccc1OC(F)F. The highest BCUT2D eigenvalue weighted by atomic mass is 32.1. The third-order valence-electron chi connectivity index (χ3n) is 2.84. The Labute approximate surface area is 146 Å². The zero-order valence-corrected chi connectivity index (χ0v) is 14.4. The van der Waals surface area contributed by atoms with Gasteiger partial charge < -0.3 is 20.1 Å². The number of hydrogen-bond donors (Lipinski definition) is 2. The summed E-state index contributed by atoms with van der Waals surface area (Å²) in [6, 6.07) is 7.84. The maximum Gasteiger partial charge on any atom is 0.387 e. The molecule has 5 nitrogen and oxygen atoms in total. The first kappa shape index (κ1) is 18.1. The van der Waals surface area contributed by atoms with E-state index in [2.05, 4.69) is 15.4 Å². The summed E-state index contributed by atoms with van der Waals surface area (Å²) in [5.74, 6) is -0.529. The number of alkyl halides is 2. The largest absolute Gasteiger partial charge is 0.465 e. The molecular formula is C15H14F2N2O3S2. The van der Waals surface area contributed by atoms with E-state index in [1.165, 1.54) is 24.5 Å². The topological polar surface area (TPSA) is 59.6 Å². The average molecular weight is 372 g/mol. The molecule has 0 saturated heterocycles. The van der Waals surface area contributed by atoms with Crippen LogP contribution in [0.15, 0.2) is 30.3 Å². The second-order valence-electron chi connectivity index (χ2n) is 4.55. The zero-order chi connectivity index (χ0) is 17.7. The molecule has 0 bridgehead atoms. The second-order valence-corrected chi connectivity index (χ2v) is 6.21. The van der Waals surface area contributed by atoms with Gasteiger partial charge in [-0.3, -0.25) is 0 Å². The number of thiophene rings is 1. The van der Waals surface area contributed by atoms with Crippen LogP contribution in [-0.4, -0.2) is 24.8 Å². The number of para-hydroxylation sites is 2. The lowest BCUT2D eigenvalue weighted by Gasteiger charge is -2.14. The number of thiocarbonyl (C=S) groups is 1. The zero-order valence-electron chi connectivity index (χ0n) is 12.8. The number of anilines is 2. The number of aryl methyl sites for hydroxylation is 1. The Morgan fingerprint density at radius 1 is 1.29 bits per heavy atom. The van der Waals surface area contributed by atoms with E-state index in [1.54, 1.807) is 24.3 Å². The molecule has 24 heavy (non-hydrogen) atoms. The average Bonchev–Trinajstić information content (AvgIpc) is 2.88. The molecule has 2 N–H and O–H groups in total. The fourth-order valence-electron chi connectivity index (χ4n) is 1.89. The van der Waals surface area contributed by atoms with E-state index in [-0.39, 0.29) is 16.5 Å². The highest BCUT2D eigenvalue weighted by Crippen LogP contribution is 2.29. The molecular weight excluding hydrogens is 358 g/mol. The van der Waals surface area contributed by atoms with Gasteiger partial charge in [0.15, 0.2) is 5.11 Å². The van der Waals surface area contributed by atoms with Gasteiger partial charge in [0.05, 0.1) is 18.4 Å². The summed E-state index contributed by atoms with van der Waals surface area (Å²) in [5, 5.41) is 6.28. The molecule has 2 aromatic rings. The third kappa shape index (κ3) is 4.62. The molecule has 0 aliphatic rings. The molecule has 0 amide bonds. The van der Waals surface area contributed by atoms with Crippen molar-refractivity contribution in [3.05, 3.63) is 40.8 Å². The first-order valence-corrected chi connectivity index (χ1v) is 7.93. The summed E-state index contributed by atoms with van der Waals surface area (Å²) in [6.07, 6.45) is 0. The molecule has 0 fully saturated rings. The first-order chi connectivity index (χ1) is 11.4. The minimum absolute atomic E-state index is 0.0350. The number of nitrogens with one attached hydrogen (secondary N) is 2. The van der Waals surface area contributed by atoms with Gasteiger partial charge in [0.2, 0.25) is 0 Å². The standard InChI is InChI=1S/C15H14F2N2O3S2/c1-8-7-9(13(20)21-2)12(24-8)19-15(23)18-10-5-3-4-6-11(10)22-14(16)17/h3-7,14H,1-2H3,(H2,18,19,23). The maximum atomic E-state index is 12.4. The number of hydrogen-bond acceptors (Lipinski definition) is 5. The summed E-state index contributed by atoms with van der Waals surface area (Å²) >= 11 is 6.49. The molecule has 1 aromatic heterocycles. The summed E-state index contributed by atoms with van der Waals surface area (Å²) < 4.78 is 34.0. The van der Waals surface area contributed by atoms with Crippen LogP contribution < -0.4 is 15.4 Å². The van der Waals surface area contributed by atoms with Crippen LogP contribution in [0.5, 0.6) is 5.75 Å². The van der Waals surface area contributed by atoms with Crippen molar-refractivity contribution in [2.75, 3.05) is 17.7 Å². The quantitative estimate of drug-likeness (QED) is 0.604. The molecule has 2 rings (SSSR count). The minimum atomic E-state index is -2.94. The van der Waals surface area contributed by atoms with Crippen molar-refractivity contribution in [1.29, 1.82) is 0 Å². The Morgan fingerprint density at radius 3 is 2.67 bits per heavy atom. The van der Waals surface area contributed by atoms with Gasteiger partial charge in [0.1, 0.15) is 10.8 Å². The van der Waals surface area contributed by atoms with Crippen molar-refractivity contribution < 1.29 is 23.0 Å². The van der Waals surface area contributed by atoms with E-state index in [1.807, 2.05) is 6.92 Å². The van der Waals surface area contributed by atoms with Gasteiger partial charge in [0.25, 0.3) is 0 Å². The Kier molecular flexibility index (Phi) is 6.04. The lowest BCUT2D eigenvalue weighted by molar-refractivity contribution is -0.0493. The highest BCUT2D eigenvalue weighted by Gasteiger charge is 2.17. The van der Waals surface area contributed by atoms with Crippen molar-refractivity contribution in [3.63, 3.8) is 0 Å². The molecule has 9 heteroatoms. The number of rotatable bonds is 5. The third-order valence-corrected chi connectivity index (χ3v) is 4.01. The maximum absolute atomic E-state index is 12.4. The predicted molar refractivity (Wildman–Crippen MR) is 93.3 cm³/mol. The summed E-state index contributed by atoms with van der Waals surface area (Å²) in [4.78, 5) is 12.6. The number of halogens is 2. The van der Waals surface area contributed by atoms with Crippen LogP contribution in [0.25, 0.3) is 0 Å². The number of benzene rings is 1. The molecule has 0 aliphatic carbocycles. The lowest BCUT2D eigenvalue weighted by atomic mass is 10.3. The molecule has 1 aromatic carbocycles. The number of carbonyl (C=O) groups excluding carboxylic acids is 1. The number of esters is 1. The smallest absolute Gasteiger partial charge is 0.387 e. The molecule has 0 spiro atoms. The van der Waals surface area contributed by atoms with Crippen LogP contribution in [0.3, 0.4) is 0 Å². The molecule has 0 saturated carbocycles. The van der Waals surface area contributed by atoms with Crippen molar-refractivity contribution >= 4 is 45.3 Å². The van der Waals surface area contributed by atoms with Gasteiger partial charge >= 0.3 is 12.6 Å². The summed E-state index contributed by atoms with van der Waals surface area (Å²) in [5.41, 5.74) is 0.629. The molecule has 0 radical (unpaired) electrons. The second kappa shape index (κ2) is 8.02. The fourth-order valence-corrected chi connectivity index (χ4v) is 3.07. The Hall–Kier alpha value is -2.26. The Balaban J connectivity index is 2.14. The van der Waals surface area contributed by atoms with Crippen molar-refractivity contribution in [2.24, 2.45) is 0 Å². The van der Waals surface area contributed by atoms with Gasteiger partial charge in [-0.2, -0.15) is 8.78 Å². The van der Waals surface area contributed by atoms with Crippen LogP contribution in [0, 0.1) is 6.92 Å². The van der Waals surface area contributed by atoms with Crippen LogP contribution in [0.1, 0.15) is 15.2 Å². The van der Waals surface area contributed by atoms with E-state index >= 15 is 0 Å². The number of ether oxygens (including phenoxy) is 2. The predicted octanol–water partition coefficient (Wildman–Crippen LogP) is 4.25. The molecule has 128 valence electrons. The van der Waals surface area contributed by atoms with Crippen LogP contribution in [-0.2, 0) is 4.74 Å². The Bertz CT molecular complexity index is 750. The van der Waals surface area contributed by atoms with Gasteiger partial charge in [-0.1, -0.05) is 12.1 Å². The van der Waals surface area contributed by atoms with Crippen LogP contribution in [0.2, 0.25) is 0 Å². The highest BCUT2D eigenvalue weighted by molar-refractivity contribution is 7.80. The monoisotopic (exact) mass is 372 g/mol. The fraction of sp³-hybridized carbons (Fsp3) is 0.200. The molecule has 1 heterocycles. The molecule has 0 unspecified atom stereocenters. The van der Waals surface area contributed by atoms with E-state index in [0.717, 1.165) is 4.88 Å². The van der Waals surface area contributed by atoms with Crippen LogP contribution in [0.4, 0.5) is 19.5 Å². The Morgan fingerprint density at radius 2 is 2.00 bits per heavy atom. The van der Waals surface area contributed by atoms with Gasteiger partial charge in [-0.15, -0.1) is 11.3 Å². The van der Waals surface area contributed by atoms with Crippen LogP contribution >= 0.6 is 23.6 Å². The van der Waals surface area contributed by atoms with Crippen molar-refractivity contribution in [3.8, 4) is 5.75 Å². The van der Waals surface area contributed by atoms with Gasteiger partial charge in [0, 0.05) is 4.88 Å². The molecule has 0 atom stereocenters. The number of carbonyl (C=O) groups is 1. The van der Waals surface area contributed by atoms with E-state index in [9.17, 15) is 13.6 Å². The van der Waals surface area contributed by atoms with Crippen molar-refractivity contribution in [1.82, 2.24) is 0 Å². The van der Waals surface area contributed by atoms with Gasteiger partial charge in [-0.05, 0) is 37.3 Å². The minimum Gasteiger partial charge on any atom is -0.465 e. The summed E-state index contributed by atoms with van der Waals surface area (Å²) in [6.45, 7) is -1.11. The molecule has 0 aliphatic heterocycles. The van der Waals surface area contributed by atoms with E-state index in [0.29, 0.717) is 10.6 Å². The number of methoxy groups -OCH3 is 1. The normalized spacial score (nSPS) is 10.4. The van der Waals surface area contributed by atoms with Gasteiger partial charge in [-0.25, -0.2) is 4.79 Å². The van der Waals surface area contributed by atoms with E-state index < -0.39 is 12.6 Å². The van der Waals surface area contributed by atoms with Crippen molar-refractivity contribution in [2.45, 2.75) is 13.5 Å². The van der Waals surface area contributed by atoms with E-state index in [4.69, 9.17) is 17.0 Å².